The van der Waals surface area contributed by atoms with Crippen molar-refractivity contribution in [2.24, 2.45) is 5.41 Å². The minimum Gasteiger partial charge on any atom is -0.386 e. The van der Waals surface area contributed by atoms with Crippen molar-refractivity contribution in [3.63, 3.8) is 0 Å². The molecule has 340 valence electrons. The van der Waals surface area contributed by atoms with Crippen molar-refractivity contribution in [2.45, 2.75) is 103 Å². The van der Waals surface area contributed by atoms with Gasteiger partial charge in [-0.05, 0) is 25.7 Å². The molecule has 1 aliphatic rings. The molecule has 60 heavy (non-hydrogen) atoms. The monoisotopic (exact) mass is 933 g/mol. The maximum atomic E-state index is 12.7. The van der Waals surface area contributed by atoms with Crippen LogP contribution in [0.4, 0.5) is 5.82 Å². The van der Waals surface area contributed by atoms with Gasteiger partial charge >= 0.3 is 23.5 Å². The van der Waals surface area contributed by atoms with Crippen molar-refractivity contribution in [1.82, 2.24) is 30.2 Å². The topological polar surface area (TPSA) is 364 Å². The molecule has 0 saturated carbocycles. The maximum Gasteiger partial charge on any atom is 0.481 e. The van der Waals surface area contributed by atoms with Gasteiger partial charge in [-0.2, -0.15) is 4.31 Å². The number of fused-ring (bicyclic) bond motifs is 1. The van der Waals surface area contributed by atoms with E-state index < -0.39 is 84.6 Å². The highest BCUT2D eigenvalue weighted by molar-refractivity contribution is 8.13. The van der Waals surface area contributed by atoms with Crippen LogP contribution in [-0.2, 0) is 50.7 Å². The number of phosphoric acid groups is 3. The number of phosphoric ester groups is 3. The molecular formula is C32H54N7O17P3S. The zero-order valence-electron chi connectivity index (χ0n) is 33.2. The van der Waals surface area contributed by atoms with Crippen LogP contribution in [0, 0.1) is 5.41 Å². The summed E-state index contributed by atoms with van der Waals surface area (Å²) >= 11 is 1.12. The average molecular weight is 934 g/mol. The van der Waals surface area contributed by atoms with Crippen LogP contribution in [0.3, 0.4) is 0 Å². The third-order valence-corrected chi connectivity index (χ3v) is 12.7. The predicted molar refractivity (Wildman–Crippen MR) is 214 cm³/mol. The van der Waals surface area contributed by atoms with Crippen LogP contribution < -0.4 is 16.4 Å². The zero-order valence-corrected chi connectivity index (χ0v) is 36.7. The number of hydrogen-bond donors (Lipinski definition) is 9. The lowest BCUT2D eigenvalue weighted by Crippen LogP contribution is -2.46. The highest BCUT2D eigenvalue weighted by Gasteiger charge is 2.50. The molecule has 2 aromatic rings. The number of aliphatic hydroxyl groups is 2. The number of amides is 2. The first-order valence-corrected chi connectivity index (χ1v) is 24.3. The number of nitrogens with one attached hydrogen (secondary N) is 2. The standard InChI is InChI=1S/C32H54N7O17P3S/c1-4-5-6-7-8-9-10-11-12-23(41)60-16-15-34-22(40)13-14-35-30(44)27(43)32(2,3)18-53-59(50,51)56-58(48,49)52-17-21-26(55-57(45,46)47)25(42)31(54-21)39-20-38-24-28(33)36-19-37-29(24)39/h8-9,19-21,25-27,31,42-43H,4-7,10-18H2,1-3H3,(H,34,40)(H,35,44)(H,48,49)(H,50,51)(H2,33,36,37)(H2,45,46,47)/b9-8+. The fourth-order valence-electron chi connectivity index (χ4n) is 5.48. The number of hydrogen-bond acceptors (Lipinski definition) is 18. The van der Waals surface area contributed by atoms with Crippen molar-refractivity contribution < 1.29 is 80.5 Å². The number of carbonyl (C=O) groups is 3. The van der Waals surface area contributed by atoms with Crippen LogP contribution in [-0.4, -0.2) is 123 Å². The molecule has 0 bridgehead atoms. The van der Waals surface area contributed by atoms with Crippen molar-refractivity contribution in [3.8, 4) is 0 Å². The number of anilines is 1. The smallest absolute Gasteiger partial charge is 0.386 e. The Labute approximate surface area is 349 Å². The van der Waals surface area contributed by atoms with Gasteiger partial charge < -0.3 is 50.9 Å². The van der Waals surface area contributed by atoms with E-state index in [0.29, 0.717) is 12.2 Å². The summed E-state index contributed by atoms with van der Waals surface area (Å²) in [5.74, 6) is -1.06. The lowest BCUT2D eigenvalue weighted by molar-refractivity contribution is -0.137. The molecule has 0 radical (unpaired) electrons. The summed E-state index contributed by atoms with van der Waals surface area (Å²) in [6.45, 7) is 2.69. The SMILES string of the molecule is CCCCC/C=C/CCCC(=O)SCCNC(=O)CCNC(=O)C(O)C(C)(C)COP(=O)(O)OP(=O)(O)OCC1OC(n2cnc3c(N)ncnc32)C(O)C1OP(=O)(O)O. The Morgan fingerprint density at radius 2 is 1.68 bits per heavy atom. The number of imidazole rings is 1. The molecule has 0 spiro atoms. The van der Waals surface area contributed by atoms with Crippen LogP contribution in [0.5, 0.6) is 0 Å². The lowest BCUT2D eigenvalue weighted by atomic mass is 9.87. The van der Waals surface area contributed by atoms with Crippen molar-refractivity contribution in [1.29, 1.82) is 0 Å². The first kappa shape index (κ1) is 51.6. The normalized spacial score (nSPS) is 21.1. The van der Waals surface area contributed by atoms with Gasteiger partial charge in [0.25, 0.3) is 0 Å². The molecule has 1 fully saturated rings. The van der Waals surface area contributed by atoms with Gasteiger partial charge in [-0.3, -0.25) is 32.5 Å². The molecule has 2 aromatic heterocycles. The number of aliphatic hydroxyl groups excluding tert-OH is 2. The Balaban J connectivity index is 1.41. The van der Waals surface area contributed by atoms with E-state index in [1.807, 2.05) is 0 Å². The van der Waals surface area contributed by atoms with Crippen LogP contribution in [0.2, 0.25) is 0 Å². The number of thioether (sulfide) groups is 1. The highest BCUT2D eigenvalue weighted by Crippen LogP contribution is 2.61. The van der Waals surface area contributed by atoms with Gasteiger partial charge in [0, 0.05) is 37.1 Å². The van der Waals surface area contributed by atoms with Gasteiger partial charge in [-0.1, -0.05) is 57.5 Å². The van der Waals surface area contributed by atoms with Gasteiger partial charge in [-0.15, -0.1) is 0 Å². The molecule has 2 amide bonds. The van der Waals surface area contributed by atoms with E-state index in [1.165, 1.54) is 26.7 Å². The van der Waals surface area contributed by atoms with Gasteiger partial charge in [-0.25, -0.2) is 28.6 Å². The average Bonchev–Trinajstić information content (AvgIpc) is 3.72. The quantitative estimate of drug-likeness (QED) is 0.0351. The summed E-state index contributed by atoms with van der Waals surface area (Å²) in [7, 11) is -16.4. The molecule has 24 nitrogen and oxygen atoms in total. The molecule has 7 atom stereocenters. The van der Waals surface area contributed by atoms with E-state index in [4.69, 9.17) is 19.5 Å². The molecule has 28 heteroatoms. The molecule has 3 heterocycles. The first-order valence-electron chi connectivity index (χ1n) is 18.8. The molecule has 1 saturated heterocycles. The van der Waals surface area contributed by atoms with Gasteiger partial charge in [0.15, 0.2) is 22.8 Å². The van der Waals surface area contributed by atoms with Gasteiger partial charge in [0.05, 0.1) is 19.5 Å². The molecule has 10 N–H and O–H groups in total. The number of carbonyl (C=O) groups excluding carboxylic acids is 3. The maximum absolute atomic E-state index is 12.7. The number of rotatable bonds is 27. The molecule has 0 aromatic carbocycles. The van der Waals surface area contributed by atoms with E-state index in [2.05, 4.69) is 53.5 Å². The van der Waals surface area contributed by atoms with Crippen LogP contribution in [0.15, 0.2) is 24.8 Å². The van der Waals surface area contributed by atoms with E-state index >= 15 is 0 Å². The van der Waals surface area contributed by atoms with Crippen LogP contribution >= 0.6 is 35.2 Å². The van der Waals surface area contributed by atoms with Crippen molar-refractivity contribution >= 4 is 69.1 Å². The second-order valence-electron chi connectivity index (χ2n) is 14.1. The fraction of sp³-hybridized carbons (Fsp3) is 0.688. The Morgan fingerprint density at radius 1 is 1.00 bits per heavy atom. The molecule has 0 aliphatic carbocycles. The number of nitrogen functional groups attached to an aromatic ring is 1. The Morgan fingerprint density at radius 3 is 2.37 bits per heavy atom. The first-order chi connectivity index (χ1) is 28.1. The third-order valence-electron chi connectivity index (χ3n) is 8.66. The number of allylic oxidation sites excluding steroid dienone is 2. The second kappa shape index (κ2) is 23.7. The molecule has 3 rings (SSSR count). The summed E-state index contributed by atoms with van der Waals surface area (Å²) in [6.07, 6.45) is 3.92. The number of ether oxygens (including phenoxy) is 1. The summed E-state index contributed by atoms with van der Waals surface area (Å²) < 4.78 is 62.2. The minimum atomic E-state index is -5.57. The summed E-state index contributed by atoms with van der Waals surface area (Å²) in [5, 5.41) is 26.5. The summed E-state index contributed by atoms with van der Waals surface area (Å²) in [4.78, 5) is 87.9. The van der Waals surface area contributed by atoms with Crippen molar-refractivity contribution in [2.75, 3.05) is 37.8 Å². The molecule has 7 unspecified atom stereocenters. The van der Waals surface area contributed by atoms with E-state index in [1.54, 1.807) is 0 Å². The Kier molecular flexibility index (Phi) is 20.4. The second-order valence-corrected chi connectivity index (χ2v) is 19.5. The molecular weight excluding hydrogens is 879 g/mol. The summed E-state index contributed by atoms with van der Waals surface area (Å²) in [5.41, 5.74) is 4.27. The predicted octanol–water partition coefficient (Wildman–Crippen LogP) is 1.97. The van der Waals surface area contributed by atoms with Gasteiger partial charge in [0.1, 0.15) is 36.3 Å². The number of nitrogens with zero attached hydrogens (tertiary/aromatic N) is 4. The van der Waals surface area contributed by atoms with E-state index in [-0.39, 0.29) is 41.6 Å². The van der Waals surface area contributed by atoms with Crippen LogP contribution in [0.1, 0.15) is 78.4 Å². The number of nitrogens with two attached hydrogens (primary N) is 1. The van der Waals surface area contributed by atoms with E-state index in [0.717, 1.165) is 54.7 Å². The molecule has 1 aliphatic heterocycles. The van der Waals surface area contributed by atoms with Gasteiger partial charge in [0.2, 0.25) is 11.8 Å². The lowest BCUT2D eigenvalue weighted by Gasteiger charge is -2.30. The fourth-order valence-corrected chi connectivity index (χ4v) is 9.03. The Bertz CT molecular complexity index is 1920. The largest absolute Gasteiger partial charge is 0.481 e. The summed E-state index contributed by atoms with van der Waals surface area (Å²) in [6, 6.07) is 0. The highest BCUT2D eigenvalue weighted by atomic mass is 32.2. The number of unbranched alkanes of at least 4 members (excludes halogenated alkanes) is 4. The third kappa shape index (κ3) is 17.2. The van der Waals surface area contributed by atoms with E-state index in [9.17, 15) is 57.9 Å². The van der Waals surface area contributed by atoms with Crippen molar-refractivity contribution in [3.05, 3.63) is 24.8 Å². The minimum absolute atomic E-state index is 0.0283. The Hall–Kier alpha value is -2.70. The zero-order chi connectivity index (χ0) is 44.7. The van der Waals surface area contributed by atoms with Crippen LogP contribution in [0.25, 0.3) is 11.2 Å². The number of aromatic nitrogens is 4.